The third kappa shape index (κ3) is 2.03. The van der Waals surface area contributed by atoms with E-state index in [1.54, 1.807) is 40.5 Å². The monoisotopic (exact) mass is 298 g/mol. The van der Waals surface area contributed by atoms with E-state index >= 15 is 0 Å². The van der Waals surface area contributed by atoms with E-state index in [2.05, 4.69) is 21.5 Å². The molecule has 0 aromatic carbocycles. The minimum atomic E-state index is 0.0274. The van der Waals surface area contributed by atoms with Crippen LogP contribution in [0.25, 0.3) is 5.65 Å². The zero-order chi connectivity index (χ0) is 14.2. The van der Waals surface area contributed by atoms with E-state index in [0.29, 0.717) is 11.2 Å². The number of nitrogens with zero attached hydrogens (tertiary/aromatic N) is 4. The number of carbonyl (C=O) groups is 1. The van der Waals surface area contributed by atoms with Crippen molar-refractivity contribution >= 4 is 22.9 Å². The minimum Gasteiger partial charge on any atom is -0.331 e. The molecule has 3 aromatic heterocycles. The maximum Gasteiger partial charge on any atom is 0.259 e. The normalized spacial score (nSPS) is 18.5. The van der Waals surface area contributed by atoms with Gasteiger partial charge in [-0.3, -0.25) is 4.79 Å². The van der Waals surface area contributed by atoms with Crippen LogP contribution in [-0.4, -0.2) is 31.9 Å². The van der Waals surface area contributed by atoms with Gasteiger partial charge in [0.1, 0.15) is 5.56 Å². The van der Waals surface area contributed by atoms with Crippen LogP contribution >= 0.6 is 11.3 Å². The molecule has 1 saturated heterocycles. The van der Waals surface area contributed by atoms with Crippen molar-refractivity contribution in [3.63, 3.8) is 0 Å². The van der Waals surface area contributed by atoms with Gasteiger partial charge in [0.25, 0.3) is 5.91 Å². The van der Waals surface area contributed by atoms with Gasteiger partial charge in [-0.2, -0.15) is 5.10 Å². The summed E-state index contributed by atoms with van der Waals surface area (Å²) in [7, 11) is 0. The lowest BCUT2D eigenvalue weighted by Gasteiger charge is -2.23. The Bertz CT molecular complexity index is 780. The number of rotatable bonds is 2. The first-order valence-corrected chi connectivity index (χ1v) is 7.85. The molecule has 0 N–H and O–H groups in total. The number of fused-ring (bicyclic) bond motifs is 1. The zero-order valence-corrected chi connectivity index (χ0v) is 12.2. The Morgan fingerprint density at radius 3 is 3.19 bits per heavy atom. The second kappa shape index (κ2) is 4.96. The summed E-state index contributed by atoms with van der Waals surface area (Å²) in [4.78, 5) is 20.4. The van der Waals surface area contributed by atoms with Crippen LogP contribution in [0.3, 0.4) is 0 Å². The van der Waals surface area contributed by atoms with E-state index in [0.717, 1.165) is 19.4 Å². The van der Waals surface area contributed by atoms with Gasteiger partial charge in [-0.15, -0.1) is 11.3 Å². The highest BCUT2D eigenvalue weighted by molar-refractivity contribution is 7.10. The van der Waals surface area contributed by atoms with Crippen LogP contribution in [0, 0.1) is 0 Å². The predicted octanol–water partition coefficient (Wildman–Crippen LogP) is 2.77. The lowest BCUT2D eigenvalue weighted by atomic mass is 10.1. The Morgan fingerprint density at radius 1 is 1.38 bits per heavy atom. The highest BCUT2D eigenvalue weighted by Gasteiger charge is 2.32. The zero-order valence-electron chi connectivity index (χ0n) is 11.3. The molecular formula is C15H14N4OS. The summed E-state index contributed by atoms with van der Waals surface area (Å²) in [6.07, 6.45) is 7.18. The third-order valence-electron chi connectivity index (χ3n) is 3.89. The van der Waals surface area contributed by atoms with Crippen molar-refractivity contribution in [3.05, 3.63) is 52.6 Å². The van der Waals surface area contributed by atoms with E-state index in [1.807, 2.05) is 11.0 Å². The first-order chi connectivity index (χ1) is 10.3. The van der Waals surface area contributed by atoms with Gasteiger partial charge in [-0.25, -0.2) is 9.50 Å². The van der Waals surface area contributed by atoms with Crippen molar-refractivity contribution in [1.29, 1.82) is 0 Å². The van der Waals surface area contributed by atoms with Crippen LogP contribution in [0.4, 0.5) is 0 Å². The summed E-state index contributed by atoms with van der Waals surface area (Å²) in [5.74, 6) is 0.0274. The lowest BCUT2D eigenvalue weighted by Crippen LogP contribution is -2.30. The molecule has 4 rings (SSSR count). The molecule has 1 unspecified atom stereocenters. The van der Waals surface area contributed by atoms with Crippen LogP contribution in [0.5, 0.6) is 0 Å². The maximum atomic E-state index is 12.9. The van der Waals surface area contributed by atoms with Gasteiger partial charge < -0.3 is 4.90 Å². The number of likely N-dealkylation sites (tertiary alicyclic amines) is 1. The molecule has 6 heteroatoms. The Labute approximate surface area is 125 Å². The first-order valence-electron chi connectivity index (χ1n) is 6.97. The van der Waals surface area contributed by atoms with Crippen molar-refractivity contribution in [3.8, 4) is 0 Å². The number of amides is 1. The van der Waals surface area contributed by atoms with E-state index in [9.17, 15) is 4.79 Å². The molecule has 3 aromatic rings. The van der Waals surface area contributed by atoms with E-state index in [-0.39, 0.29) is 11.9 Å². The second-order valence-corrected chi connectivity index (χ2v) is 6.10. The van der Waals surface area contributed by atoms with Crippen LogP contribution in [0.15, 0.2) is 42.2 Å². The van der Waals surface area contributed by atoms with Gasteiger partial charge in [0.15, 0.2) is 5.65 Å². The predicted molar refractivity (Wildman–Crippen MR) is 80.3 cm³/mol. The van der Waals surface area contributed by atoms with Crippen molar-refractivity contribution < 1.29 is 4.79 Å². The van der Waals surface area contributed by atoms with E-state index in [4.69, 9.17) is 0 Å². The van der Waals surface area contributed by atoms with Crippen LogP contribution in [-0.2, 0) is 0 Å². The molecule has 21 heavy (non-hydrogen) atoms. The largest absolute Gasteiger partial charge is 0.331 e. The standard InChI is InChI=1S/C15H14N4OS/c20-15(11-10-17-19-8-3-6-16-14(11)19)18-7-1-4-12(18)13-5-2-9-21-13/h2-3,5-6,8-10,12H,1,4,7H2. The average Bonchev–Trinajstić information content (AvgIpc) is 3.25. The van der Waals surface area contributed by atoms with Crippen molar-refractivity contribution in [2.24, 2.45) is 0 Å². The number of thiophene rings is 1. The summed E-state index contributed by atoms with van der Waals surface area (Å²) in [6, 6.07) is 6.14. The highest BCUT2D eigenvalue weighted by atomic mass is 32.1. The number of hydrogen-bond acceptors (Lipinski definition) is 4. The Kier molecular flexibility index (Phi) is 2.96. The molecule has 0 saturated carbocycles. The molecule has 0 spiro atoms. The summed E-state index contributed by atoms with van der Waals surface area (Å²) in [5.41, 5.74) is 1.21. The number of hydrogen-bond donors (Lipinski definition) is 0. The maximum absolute atomic E-state index is 12.9. The number of carbonyl (C=O) groups excluding carboxylic acids is 1. The van der Waals surface area contributed by atoms with Crippen molar-refractivity contribution in [2.75, 3.05) is 6.54 Å². The van der Waals surface area contributed by atoms with E-state index in [1.165, 1.54) is 4.88 Å². The quantitative estimate of drug-likeness (QED) is 0.731. The lowest BCUT2D eigenvalue weighted by molar-refractivity contribution is 0.0739. The summed E-state index contributed by atoms with van der Waals surface area (Å²) in [5, 5.41) is 6.27. The molecule has 1 atom stereocenters. The molecule has 5 nitrogen and oxygen atoms in total. The molecular weight excluding hydrogens is 284 g/mol. The van der Waals surface area contributed by atoms with Crippen LogP contribution in [0.2, 0.25) is 0 Å². The fraction of sp³-hybridized carbons (Fsp3) is 0.267. The van der Waals surface area contributed by atoms with Crippen molar-refractivity contribution in [1.82, 2.24) is 19.5 Å². The van der Waals surface area contributed by atoms with Crippen molar-refractivity contribution in [2.45, 2.75) is 18.9 Å². The molecule has 1 fully saturated rings. The number of aromatic nitrogens is 3. The molecule has 1 amide bonds. The Morgan fingerprint density at radius 2 is 2.33 bits per heavy atom. The van der Waals surface area contributed by atoms with Gasteiger partial charge in [0.05, 0.1) is 12.2 Å². The average molecular weight is 298 g/mol. The summed E-state index contributed by atoms with van der Waals surface area (Å²) < 4.78 is 1.64. The van der Waals surface area contributed by atoms with Gasteiger partial charge >= 0.3 is 0 Å². The van der Waals surface area contributed by atoms with Gasteiger partial charge in [-0.1, -0.05) is 6.07 Å². The van der Waals surface area contributed by atoms with Crippen LogP contribution in [0.1, 0.15) is 34.1 Å². The van der Waals surface area contributed by atoms with Gasteiger partial charge in [0.2, 0.25) is 0 Å². The molecule has 1 aliphatic heterocycles. The first kappa shape index (κ1) is 12.5. The molecule has 0 aliphatic carbocycles. The Hall–Kier alpha value is -2.21. The fourth-order valence-corrected chi connectivity index (χ4v) is 3.79. The SMILES string of the molecule is O=C(c1cnn2cccnc12)N1CCCC1c1cccs1. The Balaban J connectivity index is 1.71. The molecule has 1 aliphatic rings. The summed E-state index contributed by atoms with van der Waals surface area (Å²) >= 11 is 1.71. The second-order valence-electron chi connectivity index (χ2n) is 5.12. The summed E-state index contributed by atoms with van der Waals surface area (Å²) in [6.45, 7) is 0.797. The molecule has 106 valence electrons. The topological polar surface area (TPSA) is 50.5 Å². The molecule has 4 heterocycles. The fourth-order valence-electron chi connectivity index (χ4n) is 2.92. The van der Waals surface area contributed by atoms with Gasteiger partial charge in [0, 0.05) is 23.8 Å². The molecule has 0 radical (unpaired) electrons. The highest BCUT2D eigenvalue weighted by Crippen LogP contribution is 2.35. The molecule has 0 bridgehead atoms. The van der Waals surface area contributed by atoms with E-state index < -0.39 is 0 Å². The minimum absolute atomic E-state index is 0.0274. The smallest absolute Gasteiger partial charge is 0.259 e. The van der Waals surface area contributed by atoms with Gasteiger partial charge in [-0.05, 0) is 30.4 Å². The third-order valence-corrected chi connectivity index (χ3v) is 4.87. The van der Waals surface area contributed by atoms with Crippen LogP contribution < -0.4 is 0 Å².